The van der Waals surface area contributed by atoms with Crippen LogP contribution in [0, 0.1) is 5.92 Å². The van der Waals surface area contributed by atoms with Crippen molar-refractivity contribution >= 4 is 18.0 Å². The van der Waals surface area contributed by atoms with Crippen molar-refractivity contribution in [2.24, 2.45) is 5.92 Å². The number of carbonyl (C=O) groups excluding carboxylic acids is 2. The lowest BCUT2D eigenvalue weighted by Crippen LogP contribution is -2.45. The van der Waals surface area contributed by atoms with Gasteiger partial charge in [0, 0.05) is 26.1 Å². The van der Waals surface area contributed by atoms with E-state index in [0.717, 1.165) is 0 Å². The molecule has 19 heavy (non-hydrogen) atoms. The molecule has 0 unspecified atom stereocenters. The summed E-state index contributed by atoms with van der Waals surface area (Å²) in [5.41, 5.74) is 0. The van der Waals surface area contributed by atoms with Crippen molar-refractivity contribution in [2.75, 3.05) is 26.7 Å². The van der Waals surface area contributed by atoms with Crippen LogP contribution < -0.4 is 5.32 Å². The van der Waals surface area contributed by atoms with E-state index < -0.39 is 5.97 Å². The number of aliphatic carboxylic acids is 1. The first-order valence-electron chi connectivity index (χ1n) is 6.34. The zero-order valence-electron chi connectivity index (χ0n) is 11.1. The maximum atomic E-state index is 11.7. The molecule has 108 valence electrons. The van der Waals surface area contributed by atoms with Crippen LogP contribution in [0.3, 0.4) is 0 Å². The summed E-state index contributed by atoms with van der Waals surface area (Å²) >= 11 is 0. The van der Waals surface area contributed by atoms with E-state index in [1.165, 1.54) is 7.11 Å². The Balaban J connectivity index is 2.21. The molecule has 0 radical (unpaired) electrons. The van der Waals surface area contributed by atoms with Gasteiger partial charge in [0.1, 0.15) is 0 Å². The number of carbonyl (C=O) groups is 3. The van der Waals surface area contributed by atoms with Gasteiger partial charge in [-0.15, -0.1) is 0 Å². The first-order valence-corrected chi connectivity index (χ1v) is 6.34. The topological polar surface area (TPSA) is 95.9 Å². The second kappa shape index (κ2) is 7.60. The summed E-state index contributed by atoms with van der Waals surface area (Å²) in [6, 6.07) is -0.210. The monoisotopic (exact) mass is 272 g/mol. The Kier molecular flexibility index (Phi) is 6.11. The highest BCUT2D eigenvalue weighted by molar-refractivity contribution is 5.75. The number of amides is 2. The predicted octanol–water partition coefficient (Wildman–Crippen LogP) is 0.446. The third kappa shape index (κ3) is 5.58. The molecule has 0 aromatic rings. The predicted molar refractivity (Wildman–Crippen MR) is 66.6 cm³/mol. The molecule has 2 amide bonds. The number of methoxy groups -OCH3 is 1. The third-order valence-corrected chi connectivity index (χ3v) is 3.20. The van der Waals surface area contributed by atoms with E-state index in [4.69, 9.17) is 5.11 Å². The minimum atomic E-state index is -0.791. The van der Waals surface area contributed by atoms with Crippen molar-refractivity contribution in [3.63, 3.8) is 0 Å². The lowest BCUT2D eigenvalue weighted by atomic mass is 9.94. The van der Waals surface area contributed by atoms with Crippen LogP contribution in [0.1, 0.15) is 25.7 Å². The van der Waals surface area contributed by atoms with Crippen LogP contribution in [-0.2, 0) is 14.3 Å². The molecule has 0 spiro atoms. The van der Waals surface area contributed by atoms with Gasteiger partial charge in [-0.05, 0) is 18.8 Å². The van der Waals surface area contributed by atoms with Crippen LogP contribution in [0.15, 0.2) is 0 Å². The molecule has 7 heteroatoms. The van der Waals surface area contributed by atoms with E-state index in [1.54, 1.807) is 4.90 Å². The molecule has 0 atom stereocenters. The number of rotatable bonds is 5. The summed E-state index contributed by atoms with van der Waals surface area (Å²) in [6.45, 7) is 1.37. The molecule has 1 fully saturated rings. The van der Waals surface area contributed by atoms with Crippen molar-refractivity contribution in [2.45, 2.75) is 25.7 Å². The standard InChI is InChI=1S/C12H20N2O5/c1-19-11(17)2-5-13-12(18)14-6-3-9(4-7-14)8-10(15)16/h9H,2-8H2,1H3,(H,13,18)(H,15,16). The molecule has 1 saturated heterocycles. The molecule has 1 aliphatic heterocycles. The molecular weight excluding hydrogens is 252 g/mol. The maximum absolute atomic E-state index is 11.7. The molecular formula is C12H20N2O5. The zero-order chi connectivity index (χ0) is 14.3. The van der Waals surface area contributed by atoms with Gasteiger partial charge in [0.15, 0.2) is 0 Å². The number of hydrogen-bond acceptors (Lipinski definition) is 4. The minimum Gasteiger partial charge on any atom is -0.481 e. The van der Waals surface area contributed by atoms with Crippen molar-refractivity contribution in [1.82, 2.24) is 10.2 Å². The number of nitrogens with zero attached hydrogens (tertiary/aromatic N) is 1. The summed E-state index contributed by atoms with van der Waals surface area (Å²) < 4.78 is 4.47. The average Bonchev–Trinajstić information content (AvgIpc) is 2.38. The molecule has 1 aliphatic rings. The molecule has 0 bridgehead atoms. The number of carboxylic acids is 1. The smallest absolute Gasteiger partial charge is 0.317 e. The van der Waals surface area contributed by atoms with E-state index in [9.17, 15) is 14.4 Å². The number of carboxylic acid groups (broad SMARTS) is 1. The van der Waals surface area contributed by atoms with Crippen molar-refractivity contribution in [3.8, 4) is 0 Å². The fourth-order valence-corrected chi connectivity index (χ4v) is 2.07. The summed E-state index contributed by atoms with van der Waals surface area (Å²) in [6.07, 6.45) is 1.73. The van der Waals surface area contributed by atoms with Gasteiger partial charge in [0.2, 0.25) is 0 Å². The van der Waals surface area contributed by atoms with E-state index in [1.807, 2.05) is 0 Å². The van der Waals surface area contributed by atoms with Crippen LogP contribution in [0.4, 0.5) is 4.79 Å². The summed E-state index contributed by atoms with van der Waals surface area (Å²) in [5, 5.41) is 11.3. The number of ether oxygens (including phenoxy) is 1. The number of hydrogen-bond donors (Lipinski definition) is 2. The molecule has 1 heterocycles. The lowest BCUT2D eigenvalue weighted by molar-refractivity contribution is -0.140. The number of urea groups is 1. The largest absolute Gasteiger partial charge is 0.481 e. The Morgan fingerprint density at radius 2 is 1.95 bits per heavy atom. The number of piperidine rings is 1. The highest BCUT2D eigenvalue weighted by atomic mass is 16.5. The van der Waals surface area contributed by atoms with Crippen molar-refractivity contribution in [3.05, 3.63) is 0 Å². The van der Waals surface area contributed by atoms with Gasteiger partial charge in [0.05, 0.1) is 13.5 Å². The molecule has 0 aromatic carbocycles. The summed E-state index contributed by atoms with van der Waals surface area (Å²) in [7, 11) is 1.30. The highest BCUT2D eigenvalue weighted by Crippen LogP contribution is 2.20. The number of esters is 1. The van der Waals surface area contributed by atoms with E-state index in [2.05, 4.69) is 10.1 Å². The van der Waals surface area contributed by atoms with E-state index >= 15 is 0 Å². The fourth-order valence-electron chi connectivity index (χ4n) is 2.07. The Labute approximate surface area is 111 Å². The summed E-state index contributed by atoms with van der Waals surface area (Å²) in [5.74, 6) is -1.00. The Morgan fingerprint density at radius 3 is 2.47 bits per heavy atom. The third-order valence-electron chi connectivity index (χ3n) is 3.20. The SMILES string of the molecule is COC(=O)CCNC(=O)N1CCC(CC(=O)O)CC1. The summed E-state index contributed by atoms with van der Waals surface area (Å²) in [4.78, 5) is 34.8. The number of nitrogens with one attached hydrogen (secondary N) is 1. The molecule has 7 nitrogen and oxygen atoms in total. The average molecular weight is 272 g/mol. The van der Waals surface area contributed by atoms with Crippen LogP contribution in [0.2, 0.25) is 0 Å². The molecule has 1 rings (SSSR count). The Morgan fingerprint density at radius 1 is 1.32 bits per heavy atom. The quantitative estimate of drug-likeness (QED) is 0.708. The van der Waals surface area contributed by atoms with E-state index in [0.29, 0.717) is 25.9 Å². The van der Waals surface area contributed by atoms with Gasteiger partial charge in [-0.1, -0.05) is 0 Å². The zero-order valence-corrected chi connectivity index (χ0v) is 11.1. The van der Waals surface area contributed by atoms with E-state index in [-0.39, 0.29) is 37.3 Å². The number of likely N-dealkylation sites (tertiary alicyclic amines) is 1. The van der Waals surface area contributed by atoms with Crippen LogP contribution in [0.5, 0.6) is 0 Å². The second-order valence-corrected chi connectivity index (χ2v) is 4.59. The Bertz CT molecular complexity index is 337. The maximum Gasteiger partial charge on any atom is 0.317 e. The first kappa shape index (κ1) is 15.3. The van der Waals surface area contributed by atoms with Gasteiger partial charge in [-0.25, -0.2) is 4.79 Å². The van der Waals surface area contributed by atoms with Crippen LogP contribution >= 0.6 is 0 Å². The molecule has 2 N–H and O–H groups in total. The van der Waals surface area contributed by atoms with Gasteiger partial charge in [0.25, 0.3) is 0 Å². The second-order valence-electron chi connectivity index (χ2n) is 4.59. The van der Waals surface area contributed by atoms with Gasteiger partial charge < -0.3 is 20.1 Å². The minimum absolute atomic E-state index is 0.150. The van der Waals surface area contributed by atoms with Gasteiger partial charge >= 0.3 is 18.0 Å². The van der Waals surface area contributed by atoms with Crippen molar-refractivity contribution in [1.29, 1.82) is 0 Å². The highest BCUT2D eigenvalue weighted by Gasteiger charge is 2.24. The van der Waals surface area contributed by atoms with Crippen LogP contribution in [-0.4, -0.2) is 54.7 Å². The fraction of sp³-hybridized carbons (Fsp3) is 0.750. The lowest BCUT2D eigenvalue weighted by Gasteiger charge is -2.31. The van der Waals surface area contributed by atoms with Crippen molar-refractivity contribution < 1.29 is 24.2 Å². The first-order chi connectivity index (χ1) is 9.02. The normalized spacial score (nSPS) is 15.9. The molecule has 0 aromatic heterocycles. The Hall–Kier alpha value is -1.79. The van der Waals surface area contributed by atoms with Crippen LogP contribution in [0.25, 0.3) is 0 Å². The van der Waals surface area contributed by atoms with Gasteiger partial charge in [-0.2, -0.15) is 0 Å². The molecule has 0 saturated carbocycles. The molecule has 0 aliphatic carbocycles. The van der Waals surface area contributed by atoms with Gasteiger partial charge in [-0.3, -0.25) is 9.59 Å².